The third kappa shape index (κ3) is 3.13. The number of likely N-dealkylation sites (tertiary alicyclic amines) is 1. The van der Waals surface area contributed by atoms with Gasteiger partial charge in [-0.05, 0) is 24.1 Å². The molecule has 110 valence electrons. The van der Waals surface area contributed by atoms with E-state index >= 15 is 0 Å². The molecule has 2 amide bonds. The molecule has 1 fully saturated rings. The van der Waals surface area contributed by atoms with Crippen molar-refractivity contribution in [3.63, 3.8) is 0 Å². The van der Waals surface area contributed by atoms with Gasteiger partial charge in [0.1, 0.15) is 10.8 Å². The highest BCUT2D eigenvalue weighted by Gasteiger charge is 2.27. The molecule has 1 atom stereocenters. The normalized spacial score (nSPS) is 17.8. The molecule has 1 aliphatic heterocycles. The molecule has 21 heavy (non-hydrogen) atoms. The molecule has 0 bridgehead atoms. The van der Waals surface area contributed by atoms with Crippen molar-refractivity contribution in [1.82, 2.24) is 14.5 Å². The van der Waals surface area contributed by atoms with Gasteiger partial charge in [-0.3, -0.25) is 5.32 Å². The standard InChI is InChI=1S/C14H16N4O2S/c1-20-12-4-2-10(3-5-12)11-6-7-18(9-11)14(19)16-13-8-15-17-21-13/h2-5,8,11H,6-7,9H2,1H3,(H,16,19). The smallest absolute Gasteiger partial charge is 0.322 e. The first kappa shape index (κ1) is 13.8. The Morgan fingerprint density at radius 2 is 2.24 bits per heavy atom. The molecule has 1 aliphatic rings. The maximum Gasteiger partial charge on any atom is 0.322 e. The lowest BCUT2D eigenvalue weighted by molar-refractivity contribution is 0.222. The van der Waals surface area contributed by atoms with Crippen LogP contribution in [0.3, 0.4) is 0 Å². The second-order valence-corrected chi connectivity index (χ2v) is 5.70. The van der Waals surface area contributed by atoms with E-state index in [1.54, 1.807) is 13.3 Å². The second-order valence-electron chi connectivity index (χ2n) is 4.92. The summed E-state index contributed by atoms with van der Waals surface area (Å²) in [6, 6.07) is 7.97. The highest BCUT2D eigenvalue weighted by atomic mass is 32.1. The van der Waals surface area contributed by atoms with Crippen LogP contribution in [0.1, 0.15) is 17.9 Å². The van der Waals surface area contributed by atoms with Crippen molar-refractivity contribution >= 4 is 22.6 Å². The van der Waals surface area contributed by atoms with Crippen LogP contribution in [0.4, 0.5) is 9.80 Å². The van der Waals surface area contributed by atoms with Crippen LogP contribution in [0.25, 0.3) is 0 Å². The van der Waals surface area contributed by atoms with E-state index in [9.17, 15) is 4.79 Å². The molecule has 0 aliphatic carbocycles. The van der Waals surface area contributed by atoms with Crippen LogP contribution in [0.5, 0.6) is 5.75 Å². The average Bonchev–Trinajstić information content (AvgIpc) is 3.18. The Kier molecular flexibility index (Phi) is 4.01. The van der Waals surface area contributed by atoms with E-state index in [0.29, 0.717) is 10.9 Å². The van der Waals surface area contributed by atoms with E-state index in [2.05, 4.69) is 27.0 Å². The maximum atomic E-state index is 12.1. The van der Waals surface area contributed by atoms with Crippen molar-refractivity contribution in [3.05, 3.63) is 36.0 Å². The zero-order valence-corrected chi connectivity index (χ0v) is 12.5. The molecule has 1 N–H and O–H groups in total. The van der Waals surface area contributed by atoms with Gasteiger partial charge >= 0.3 is 6.03 Å². The highest BCUT2D eigenvalue weighted by molar-refractivity contribution is 7.10. The molecule has 1 aromatic carbocycles. The zero-order chi connectivity index (χ0) is 14.7. The number of aromatic nitrogens is 2. The van der Waals surface area contributed by atoms with Crippen LogP contribution in [0, 0.1) is 0 Å². The summed E-state index contributed by atoms with van der Waals surface area (Å²) in [5.41, 5.74) is 1.24. The first-order chi connectivity index (χ1) is 10.3. The van der Waals surface area contributed by atoms with Crippen LogP contribution in [-0.2, 0) is 0 Å². The largest absolute Gasteiger partial charge is 0.497 e. The number of amides is 2. The lowest BCUT2D eigenvalue weighted by Gasteiger charge is -2.16. The minimum Gasteiger partial charge on any atom is -0.497 e. The number of ether oxygens (including phenoxy) is 1. The molecule has 2 heterocycles. The topological polar surface area (TPSA) is 67.3 Å². The van der Waals surface area contributed by atoms with Gasteiger partial charge in [-0.15, -0.1) is 5.10 Å². The SMILES string of the molecule is COc1ccc(C2CCN(C(=O)Nc3cnns3)C2)cc1. The minimum absolute atomic E-state index is 0.0861. The van der Waals surface area contributed by atoms with Crippen LogP contribution >= 0.6 is 11.5 Å². The Bertz CT molecular complexity index is 600. The molecule has 7 heteroatoms. The van der Waals surface area contributed by atoms with Crippen molar-refractivity contribution < 1.29 is 9.53 Å². The third-order valence-electron chi connectivity index (χ3n) is 3.65. The lowest BCUT2D eigenvalue weighted by atomic mass is 9.98. The number of urea groups is 1. The van der Waals surface area contributed by atoms with Gasteiger partial charge < -0.3 is 9.64 Å². The Morgan fingerprint density at radius 3 is 2.90 bits per heavy atom. The zero-order valence-electron chi connectivity index (χ0n) is 11.7. The van der Waals surface area contributed by atoms with E-state index in [1.165, 1.54) is 17.1 Å². The molecule has 0 radical (unpaired) electrons. The number of benzene rings is 1. The summed E-state index contributed by atoms with van der Waals surface area (Å²) in [5.74, 6) is 1.23. The van der Waals surface area contributed by atoms with Crippen molar-refractivity contribution in [2.75, 3.05) is 25.5 Å². The maximum absolute atomic E-state index is 12.1. The molecule has 1 aromatic heterocycles. The molecule has 0 saturated carbocycles. The van der Waals surface area contributed by atoms with E-state index in [4.69, 9.17) is 4.74 Å². The van der Waals surface area contributed by atoms with Crippen LogP contribution < -0.4 is 10.1 Å². The Labute approximate surface area is 126 Å². The van der Waals surface area contributed by atoms with Crippen molar-refractivity contribution in [1.29, 1.82) is 0 Å². The van der Waals surface area contributed by atoms with Crippen molar-refractivity contribution in [2.45, 2.75) is 12.3 Å². The van der Waals surface area contributed by atoms with Crippen LogP contribution in [0.2, 0.25) is 0 Å². The summed E-state index contributed by atoms with van der Waals surface area (Å²) in [4.78, 5) is 14.0. The number of anilines is 1. The Hall–Kier alpha value is -2.15. The summed E-state index contributed by atoms with van der Waals surface area (Å²) in [6.07, 6.45) is 2.53. The van der Waals surface area contributed by atoms with Gasteiger partial charge in [0.15, 0.2) is 0 Å². The van der Waals surface area contributed by atoms with Crippen molar-refractivity contribution in [2.24, 2.45) is 0 Å². The predicted molar refractivity (Wildman–Crippen MR) is 80.9 cm³/mol. The van der Waals surface area contributed by atoms with Crippen molar-refractivity contribution in [3.8, 4) is 5.75 Å². The van der Waals surface area contributed by atoms with Gasteiger partial charge in [0.2, 0.25) is 0 Å². The Balaban J connectivity index is 1.60. The highest BCUT2D eigenvalue weighted by Crippen LogP contribution is 2.28. The molecule has 6 nitrogen and oxygen atoms in total. The first-order valence-corrected chi connectivity index (χ1v) is 7.51. The van der Waals surface area contributed by atoms with Gasteiger partial charge in [0, 0.05) is 30.5 Å². The van der Waals surface area contributed by atoms with Gasteiger partial charge in [-0.1, -0.05) is 16.6 Å². The fourth-order valence-electron chi connectivity index (χ4n) is 2.50. The average molecular weight is 304 g/mol. The molecular formula is C14H16N4O2S. The summed E-state index contributed by atoms with van der Waals surface area (Å²) in [5, 5.41) is 7.19. The number of nitrogens with one attached hydrogen (secondary N) is 1. The summed E-state index contributed by atoms with van der Waals surface area (Å²) >= 11 is 1.18. The van der Waals surface area contributed by atoms with Gasteiger partial charge in [0.05, 0.1) is 13.3 Å². The quantitative estimate of drug-likeness (QED) is 0.946. The van der Waals surface area contributed by atoms with E-state index in [0.717, 1.165) is 25.3 Å². The summed E-state index contributed by atoms with van der Waals surface area (Å²) in [7, 11) is 1.66. The predicted octanol–water partition coefficient (Wildman–Crippen LogP) is 2.57. The molecule has 2 aromatic rings. The summed E-state index contributed by atoms with van der Waals surface area (Å²) in [6.45, 7) is 1.49. The molecule has 0 spiro atoms. The number of carbonyl (C=O) groups is 1. The van der Waals surface area contributed by atoms with E-state index in [-0.39, 0.29) is 6.03 Å². The molecular weight excluding hydrogens is 288 g/mol. The third-order valence-corrected chi connectivity index (χ3v) is 4.23. The molecule has 3 rings (SSSR count). The van der Waals surface area contributed by atoms with E-state index < -0.39 is 0 Å². The van der Waals surface area contributed by atoms with Gasteiger partial charge in [-0.2, -0.15) is 0 Å². The molecule has 1 saturated heterocycles. The van der Waals surface area contributed by atoms with E-state index in [1.807, 2.05) is 17.0 Å². The van der Waals surface area contributed by atoms with Gasteiger partial charge in [-0.25, -0.2) is 4.79 Å². The lowest BCUT2D eigenvalue weighted by Crippen LogP contribution is -2.32. The fourth-order valence-corrected chi connectivity index (χ4v) is 2.91. The first-order valence-electron chi connectivity index (χ1n) is 6.73. The Morgan fingerprint density at radius 1 is 1.43 bits per heavy atom. The fraction of sp³-hybridized carbons (Fsp3) is 0.357. The number of hydrogen-bond acceptors (Lipinski definition) is 5. The van der Waals surface area contributed by atoms with Crippen LogP contribution in [-0.4, -0.2) is 40.7 Å². The number of hydrogen-bond donors (Lipinski definition) is 1. The van der Waals surface area contributed by atoms with Gasteiger partial charge in [0.25, 0.3) is 0 Å². The minimum atomic E-state index is -0.0861. The van der Waals surface area contributed by atoms with Crippen LogP contribution in [0.15, 0.2) is 30.5 Å². The monoisotopic (exact) mass is 304 g/mol. The summed E-state index contributed by atoms with van der Waals surface area (Å²) < 4.78 is 8.89. The number of carbonyl (C=O) groups excluding carboxylic acids is 1. The number of nitrogens with zero attached hydrogens (tertiary/aromatic N) is 3. The number of methoxy groups -OCH3 is 1. The number of rotatable bonds is 3. The molecule has 1 unspecified atom stereocenters. The second kappa shape index (κ2) is 6.09.